The highest BCUT2D eigenvalue weighted by molar-refractivity contribution is 5.96. The maximum Gasteiger partial charge on any atom is 0.251 e. The summed E-state index contributed by atoms with van der Waals surface area (Å²) < 4.78 is 10.6. The van der Waals surface area contributed by atoms with Crippen molar-refractivity contribution < 1.29 is 19.1 Å². The molecular formula is C22H26N2O4. The van der Waals surface area contributed by atoms with Gasteiger partial charge in [-0.3, -0.25) is 9.59 Å². The maximum absolute atomic E-state index is 12.5. The summed E-state index contributed by atoms with van der Waals surface area (Å²) in [6.07, 6.45) is 1.88. The molecule has 0 atom stereocenters. The number of benzene rings is 2. The molecule has 2 aromatic rings. The fourth-order valence-electron chi connectivity index (χ4n) is 3.49. The molecule has 0 unspecified atom stereocenters. The van der Waals surface area contributed by atoms with Gasteiger partial charge in [0.25, 0.3) is 5.91 Å². The van der Waals surface area contributed by atoms with Gasteiger partial charge >= 0.3 is 0 Å². The van der Waals surface area contributed by atoms with E-state index in [0.29, 0.717) is 36.4 Å². The van der Waals surface area contributed by atoms with Gasteiger partial charge in [-0.05, 0) is 43.5 Å². The Morgan fingerprint density at radius 2 is 1.79 bits per heavy atom. The first-order valence-corrected chi connectivity index (χ1v) is 9.44. The van der Waals surface area contributed by atoms with E-state index in [-0.39, 0.29) is 11.8 Å². The number of rotatable bonds is 7. The Hall–Kier alpha value is -3.02. The van der Waals surface area contributed by atoms with E-state index >= 15 is 0 Å². The molecule has 1 aliphatic rings. The van der Waals surface area contributed by atoms with E-state index in [1.165, 1.54) is 5.56 Å². The van der Waals surface area contributed by atoms with Crippen LogP contribution in [0.15, 0.2) is 36.4 Å². The number of anilines is 1. The van der Waals surface area contributed by atoms with Gasteiger partial charge in [-0.1, -0.05) is 18.2 Å². The molecule has 0 spiro atoms. The molecule has 28 heavy (non-hydrogen) atoms. The Bertz CT molecular complexity index is 854. The number of hydrogen-bond donors (Lipinski definition) is 1. The van der Waals surface area contributed by atoms with Crippen molar-refractivity contribution >= 4 is 17.5 Å². The minimum absolute atomic E-state index is 0.0953. The summed E-state index contributed by atoms with van der Waals surface area (Å²) in [7, 11) is 3.12. The second kappa shape index (κ2) is 8.78. The Kier molecular flexibility index (Phi) is 6.19. The van der Waals surface area contributed by atoms with E-state index in [2.05, 4.69) is 11.4 Å². The first-order chi connectivity index (χ1) is 13.5. The summed E-state index contributed by atoms with van der Waals surface area (Å²) in [5.41, 5.74) is 3.54. The molecule has 148 valence electrons. The van der Waals surface area contributed by atoms with Crippen molar-refractivity contribution in [3.8, 4) is 11.5 Å². The molecule has 0 aromatic heterocycles. The molecule has 0 saturated heterocycles. The number of carbonyl (C=O) groups is 2. The predicted octanol–water partition coefficient (Wildman–Crippen LogP) is 3.11. The third kappa shape index (κ3) is 4.11. The lowest BCUT2D eigenvalue weighted by atomic mass is 10.1. The molecule has 3 rings (SSSR count). The van der Waals surface area contributed by atoms with Gasteiger partial charge < -0.3 is 19.7 Å². The van der Waals surface area contributed by atoms with E-state index in [0.717, 1.165) is 24.2 Å². The lowest BCUT2D eigenvalue weighted by molar-refractivity contribution is -0.118. The van der Waals surface area contributed by atoms with Gasteiger partial charge in [-0.2, -0.15) is 0 Å². The summed E-state index contributed by atoms with van der Waals surface area (Å²) >= 11 is 0. The molecule has 0 aliphatic carbocycles. The monoisotopic (exact) mass is 382 g/mol. The second-order valence-corrected chi connectivity index (χ2v) is 6.79. The van der Waals surface area contributed by atoms with Gasteiger partial charge in [0.15, 0.2) is 0 Å². The molecule has 2 aromatic carbocycles. The molecule has 1 N–H and O–H groups in total. The smallest absolute Gasteiger partial charge is 0.251 e. The van der Waals surface area contributed by atoms with Gasteiger partial charge in [0, 0.05) is 36.3 Å². The first kappa shape index (κ1) is 19.7. The predicted molar refractivity (Wildman–Crippen MR) is 108 cm³/mol. The van der Waals surface area contributed by atoms with Crippen LogP contribution in [0.4, 0.5) is 5.69 Å². The molecular weight excluding hydrogens is 356 g/mol. The fourth-order valence-corrected chi connectivity index (χ4v) is 3.49. The SMILES string of the molecule is COc1cc(C(=O)NCCCC(=O)N2CCc3ccccc32)cc(OC)c1C. The van der Waals surface area contributed by atoms with Crippen LogP contribution in [0.25, 0.3) is 0 Å². The summed E-state index contributed by atoms with van der Waals surface area (Å²) in [4.78, 5) is 26.8. The summed E-state index contributed by atoms with van der Waals surface area (Å²) in [6, 6.07) is 11.4. The highest BCUT2D eigenvalue weighted by atomic mass is 16.5. The summed E-state index contributed by atoms with van der Waals surface area (Å²) in [5.74, 6) is 1.09. The molecule has 0 fully saturated rings. The minimum Gasteiger partial charge on any atom is -0.496 e. The number of nitrogens with zero attached hydrogens (tertiary/aromatic N) is 1. The molecule has 1 heterocycles. The van der Waals surface area contributed by atoms with Crippen LogP contribution in [0, 0.1) is 6.92 Å². The number of ether oxygens (including phenoxy) is 2. The van der Waals surface area contributed by atoms with Gasteiger partial charge in [0.2, 0.25) is 5.91 Å². The molecule has 6 nitrogen and oxygen atoms in total. The van der Waals surface area contributed by atoms with Gasteiger partial charge in [-0.15, -0.1) is 0 Å². The van der Waals surface area contributed by atoms with Crippen molar-refractivity contribution in [3.05, 3.63) is 53.1 Å². The largest absolute Gasteiger partial charge is 0.496 e. The van der Waals surface area contributed by atoms with Crippen LogP contribution in [0.1, 0.15) is 34.3 Å². The Morgan fingerprint density at radius 1 is 1.11 bits per heavy atom. The van der Waals surface area contributed by atoms with Crippen LogP contribution in [0.2, 0.25) is 0 Å². The van der Waals surface area contributed by atoms with Crippen LogP contribution in [-0.2, 0) is 11.2 Å². The number of nitrogens with one attached hydrogen (secondary N) is 1. The van der Waals surface area contributed by atoms with Gasteiger partial charge in [0.05, 0.1) is 14.2 Å². The van der Waals surface area contributed by atoms with Crippen molar-refractivity contribution in [3.63, 3.8) is 0 Å². The van der Waals surface area contributed by atoms with Gasteiger partial charge in [0.1, 0.15) is 11.5 Å². The number of carbonyl (C=O) groups excluding carboxylic acids is 2. The zero-order chi connectivity index (χ0) is 20.1. The number of methoxy groups -OCH3 is 2. The standard InChI is InChI=1S/C22H26N2O4/c1-15-19(27-2)13-17(14-20(15)28-3)22(26)23-11-6-9-21(25)24-12-10-16-7-4-5-8-18(16)24/h4-5,7-8,13-14H,6,9-12H2,1-3H3,(H,23,26). The number of fused-ring (bicyclic) bond motifs is 1. The average molecular weight is 382 g/mol. The number of amides is 2. The van der Waals surface area contributed by atoms with Crippen LogP contribution in [0.3, 0.4) is 0 Å². The lowest BCUT2D eigenvalue weighted by Gasteiger charge is -2.17. The topological polar surface area (TPSA) is 67.9 Å². The average Bonchev–Trinajstić information content (AvgIpc) is 3.15. The van der Waals surface area contributed by atoms with Crippen molar-refractivity contribution in [1.29, 1.82) is 0 Å². The highest BCUT2D eigenvalue weighted by Crippen LogP contribution is 2.30. The van der Waals surface area contributed by atoms with Crippen molar-refractivity contribution in [2.24, 2.45) is 0 Å². The Balaban J connectivity index is 1.52. The van der Waals surface area contributed by atoms with Gasteiger partial charge in [-0.25, -0.2) is 0 Å². The Morgan fingerprint density at radius 3 is 2.46 bits per heavy atom. The molecule has 0 saturated carbocycles. The highest BCUT2D eigenvalue weighted by Gasteiger charge is 2.23. The van der Waals surface area contributed by atoms with E-state index in [1.54, 1.807) is 26.4 Å². The van der Waals surface area contributed by atoms with Crippen molar-refractivity contribution in [2.45, 2.75) is 26.2 Å². The van der Waals surface area contributed by atoms with E-state index < -0.39 is 0 Å². The summed E-state index contributed by atoms with van der Waals surface area (Å²) in [5, 5.41) is 2.87. The van der Waals surface area contributed by atoms with E-state index in [1.807, 2.05) is 30.0 Å². The van der Waals surface area contributed by atoms with E-state index in [9.17, 15) is 9.59 Å². The fraction of sp³-hybridized carbons (Fsp3) is 0.364. The van der Waals surface area contributed by atoms with Crippen molar-refractivity contribution in [1.82, 2.24) is 5.32 Å². The quantitative estimate of drug-likeness (QED) is 0.747. The molecule has 2 amide bonds. The zero-order valence-electron chi connectivity index (χ0n) is 16.6. The number of para-hydroxylation sites is 1. The molecule has 0 radical (unpaired) electrons. The third-order valence-corrected chi connectivity index (χ3v) is 5.06. The summed E-state index contributed by atoms with van der Waals surface area (Å²) in [6.45, 7) is 3.04. The molecule has 6 heteroatoms. The van der Waals surface area contributed by atoms with Crippen LogP contribution >= 0.6 is 0 Å². The zero-order valence-corrected chi connectivity index (χ0v) is 16.6. The maximum atomic E-state index is 12.5. The van der Waals surface area contributed by atoms with Crippen molar-refractivity contribution in [2.75, 3.05) is 32.2 Å². The van der Waals surface area contributed by atoms with Crippen LogP contribution in [0.5, 0.6) is 11.5 Å². The van der Waals surface area contributed by atoms with Crippen LogP contribution < -0.4 is 19.7 Å². The normalized spacial score (nSPS) is 12.5. The Labute approximate surface area is 165 Å². The minimum atomic E-state index is -0.212. The first-order valence-electron chi connectivity index (χ1n) is 9.44. The lowest BCUT2D eigenvalue weighted by Crippen LogP contribution is -2.30. The second-order valence-electron chi connectivity index (χ2n) is 6.79. The molecule has 1 aliphatic heterocycles. The molecule has 0 bridgehead atoms. The third-order valence-electron chi connectivity index (χ3n) is 5.06. The van der Waals surface area contributed by atoms with Crippen LogP contribution in [-0.4, -0.2) is 39.1 Å². The number of hydrogen-bond acceptors (Lipinski definition) is 4. The van der Waals surface area contributed by atoms with E-state index in [4.69, 9.17) is 9.47 Å².